The molecule has 2 aromatic heterocycles. The average Bonchev–Trinajstić information content (AvgIpc) is 2.87. The van der Waals surface area contributed by atoms with Crippen LogP contribution in [0.1, 0.15) is 10.6 Å². The number of ether oxygens (including phenoxy) is 2. The number of esters is 1. The van der Waals surface area contributed by atoms with Crippen LogP contribution in [0.4, 0.5) is 0 Å². The van der Waals surface area contributed by atoms with E-state index in [1.807, 2.05) is 0 Å². The highest BCUT2D eigenvalue weighted by Gasteiger charge is 2.14. The van der Waals surface area contributed by atoms with Gasteiger partial charge in [-0.05, 0) is 6.07 Å². The normalized spacial score (nSPS) is 10.0. The molecule has 0 saturated heterocycles. The molecule has 0 radical (unpaired) electrons. The SMILES string of the molecule is COC(=O)c1cc(-c2ccnc(OC)c2)no1. The standard InChI is InChI=1S/C11H10N2O4/c1-15-10-5-7(3-4-12-10)8-6-9(17-13-8)11(14)16-2/h3-6H,1-2H3. The van der Waals surface area contributed by atoms with Crippen LogP contribution in [0, 0.1) is 0 Å². The molecular weight excluding hydrogens is 224 g/mol. The van der Waals surface area contributed by atoms with Crippen molar-refractivity contribution in [3.05, 3.63) is 30.2 Å². The van der Waals surface area contributed by atoms with Gasteiger partial charge >= 0.3 is 5.97 Å². The summed E-state index contributed by atoms with van der Waals surface area (Å²) in [4.78, 5) is 15.2. The highest BCUT2D eigenvalue weighted by molar-refractivity contribution is 5.87. The summed E-state index contributed by atoms with van der Waals surface area (Å²) < 4.78 is 14.4. The van der Waals surface area contributed by atoms with E-state index in [0.717, 1.165) is 5.56 Å². The molecule has 0 spiro atoms. The lowest BCUT2D eigenvalue weighted by Crippen LogP contribution is -1.98. The van der Waals surface area contributed by atoms with Crippen molar-refractivity contribution < 1.29 is 18.8 Å². The second-order valence-corrected chi connectivity index (χ2v) is 3.15. The maximum absolute atomic E-state index is 11.2. The maximum Gasteiger partial charge on any atom is 0.376 e. The molecule has 0 fully saturated rings. The zero-order valence-corrected chi connectivity index (χ0v) is 9.34. The number of aromatic nitrogens is 2. The third-order valence-electron chi connectivity index (χ3n) is 2.14. The Kier molecular flexibility index (Phi) is 3.04. The number of hydrogen-bond acceptors (Lipinski definition) is 6. The zero-order chi connectivity index (χ0) is 12.3. The van der Waals surface area contributed by atoms with Crippen LogP contribution in [-0.4, -0.2) is 30.3 Å². The van der Waals surface area contributed by atoms with Gasteiger partial charge in [0.25, 0.3) is 0 Å². The van der Waals surface area contributed by atoms with Gasteiger partial charge in [0.15, 0.2) is 0 Å². The van der Waals surface area contributed by atoms with E-state index in [9.17, 15) is 4.79 Å². The lowest BCUT2D eigenvalue weighted by atomic mass is 10.2. The number of rotatable bonds is 3. The van der Waals surface area contributed by atoms with Crippen molar-refractivity contribution in [3.63, 3.8) is 0 Å². The molecule has 6 nitrogen and oxygen atoms in total. The Bertz CT molecular complexity index is 536. The molecule has 0 atom stereocenters. The van der Waals surface area contributed by atoms with Crippen molar-refractivity contribution in [2.24, 2.45) is 0 Å². The van der Waals surface area contributed by atoms with Gasteiger partial charge in [-0.15, -0.1) is 0 Å². The maximum atomic E-state index is 11.2. The largest absolute Gasteiger partial charge is 0.481 e. The van der Waals surface area contributed by atoms with Gasteiger partial charge in [0.1, 0.15) is 5.69 Å². The summed E-state index contributed by atoms with van der Waals surface area (Å²) >= 11 is 0. The summed E-state index contributed by atoms with van der Waals surface area (Å²) in [6.07, 6.45) is 1.58. The minimum absolute atomic E-state index is 0.0540. The predicted molar refractivity (Wildman–Crippen MR) is 57.6 cm³/mol. The van der Waals surface area contributed by atoms with E-state index in [1.54, 1.807) is 18.3 Å². The molecule has 6 heteroatoms. The minimum Gasteiger partial charge on any atom is -0.481 e. The van der Waals surface area contributed by atoms with Crippen LogP contribution < -0.4 is 4.74 Å². The van der Waals surface area contributed by atoms with Crippen molar-refractivity contribution in [2.75, 3.05) is 14.2 Å². The lowest BCUT2D eigenvalue weighted by molar-refractivity contribution is 0.0554. The monoisotopic (exact) mass is 234 g/mol. The number of nitrogens with zero attached hydrogens (tertiary/aromatic N) is 2. The quantitative estimate of drug-likeness (QED) is 0.750. The molecule has 2 rings (SSSR count). The van der Waals surface area contributed by atoms with Crippen LogP contribution in [-0.2, 0) is 4.74 Å². The van der Waals surface area contributed by atoms with Gasteiger partial charge in [-0.2, -0.15) is 0 Å². The fraction of sp³-hybridized carbons (Fsp3) is 0.182. The van der Waals surface area contributed by atoms with Crippen LogP contribution in [0.15, 0.2) is 28.9 Å². The Morgan fingerprint density at radius 2 is 2.18 bits per heavy atom. The molecule has 0 aliphatic rings. The van der Waals surface area contributed by atoms with E-state index in [4.69, 9.17) is 9.26 Å². The lowest BCUT2D eigenvalue weighted by Gasteiger charge is -1.99. The second kappa shape index (κ2) is 4.65. The van der Waals surface area contributed by atoms with Gasteiger partial charge in [-0.25, -0.2) is 9.78 Å². The number of pyridine rings is 1. The topological polar surface area (TPSA) is 74.5 Å². The third-order valence-corrected chi connectivity index (χ3v) is 2.14. The number of carbonyl (C=O) groups excluding carboxylic acids is 1. The Hall–Kier alpha value is -2.37. The van der Waals surface area contributed by atoms with Crippen molar-refractivity contribution >= 4 is 5.97 Å². The van der Waals surface area contributed by atoms with Crippen LogP contribution in [0.2, 0.25) is 0 Å². The highest BCUT2D eigenvalue weighted by atomic mass is 16.5. The van der Waals surface area contributed by atoms with Crippen molar-refractivity contribution in [1.29, 1.82) is 0 Å². The first kappa shape index (κ1) is 11.1. The molecule has 0 aliphatic heterocycles. The summed E-state index contributed by atoms with van der Waals surface area (Å²) in [5.41, 5.74) is 1.27. The summed E-state index contributed by atoms with van der Waals surface area (Å²) in [6, 6.07) is 4.93. The predicted octanol–water partition coefficient (Wildman–Crippen LogP) is 1.53. The molecule has 0 saturated carbocycles. The van der Waals surface area contributed by atoms with E-state index in [2.05, 4.69) is 14.9 Å². The molecule has 2 aromatic rings. The van der Waals surface area contributed by atoms with E-state index < -0.39 is 5.97 Å². The van der Waals surface area contributed by atoms with E-state index in [1.165, 1.54) is 20.3 Å². The summed E-state index contributed by atoms with van der Waals surface area (Å²) in [5.74, 6) is -0.0480. The number of carbonyl (C=O) groups is 1. The minimum atomic E-state index is -0.565. The Morgan fingerprint density at radius 3 is 2.88 bits per heavy atom. The van der Waals surface area contributed by atoms with Crippen molar-refractivity contribution in [3.8, 4) is 17.1 Å². The van der Waals surface area contributed by atoms with Gasteiger partial charge in [-0.1, -0.05) is 5.16 Å². The van der Waals surface area contributed by atoms with Gasteiger partial charge in [-0.3, -0.25) is 0 Å². The first-order valence-electron chi connectivity index (χ1n) is 4.80. The molecule has 2 heterocycles. The molecule has 0 amide bonds. The van der Waals surface area contributed by atoms with Crippen molar-refractivity contribution in [2.45, 2.75) is 0 Å². The fourth-order valence-corrected chi connectivity index (χ4v) is 1.29. The second-order valence-electron chi connectivity index (χ2n) is 3.15. The van der Waals surface area contributed by atoms with E-state index >= 15 is 0 Å². The van der Waals surface area contributed by atoms with Crippen LogP contribution in [0.3, 0.4) is 0 Å². The first-order valence-corrected chi connectivity index (χ1v) is 4.80. The molecule has 0 aliphatic carbocycles. The van der Waals surface area contributed by atoms with Gasteiger partial charge in [0.05, 0.1) is 14.2 Å². The van der Waals surface area contributed by atoms with E-state index in [0.29, 0.717) is 11.6 Å². The van der Waals surface area contributed by atoms with Gasteiger partial charge in [0, 0.05) is 23.9 Å². The Balaban J connectivity index is 2.33. The Morgan fingerprint density at radius 1 is 1.35 bits per heavy atom. The van der Waals surface area contributed by atoms with Crippen LogP contribution in [0.25, 0.3) is 11.3 Å². The average molecular weight is 234 g/mol. The van der Waals surface area contributed by atoms with Crippen molar-refractivity contribution in [1.82, 2.24) is 10.1 Å². The number of methoxy groups -OCH3 is 2. The third kappa shape index (κ3) is 2.25. The number of hydrogen-bond donors (Lipinski definition) is 0. The zero-order valence-electron chi connectivity index (χ0n) is 9.34. The van der Waals surface area contributed by atoms with Gasteiger partial charge < -0.3 is 14.0 Å². The van der Waals surface area contributed by atoms with Crippen LogP contribution >= 0.6 is 0 Å². The Labute approximate surface area is 97.2 Å². The molecular formula is C11H10N2O4. The molecule has 0 aromatic carbocycles. The highest BCUT2D eigenvalue weighted by Crippen LogP contribution is 2.21. The summed E-state index contributed by atoms with van der Waals surface area (Å²) in [5, 5.41) is 3.77. The first-order chi connectivity index (χ1) is 8.24. The molecule has 0 bridgehead atoms. The van der Waals surface area contributed by atoms with Gasteiger partial charge in [0.2, 0.25) is 11.6 Å². The molecule has 88 valence electrons. The fourth-order valence-electron chi connectivity index (χ4n) is 1.29. The molecule has 0 N–H and O–H groups in total. The molecule has 0 unspecified atom stereocenters. The smallest absolute Gasteiger partial charge is 0.376 e. The molecule has 17 heavy (non-hydrogen) atoms. The van der Waals surface area contributed by atoms with Crippen LogP contribution in [0.5, 0.6) is 5.88 Å². The van der Waals surface area contributed by atoms with E-state index in [-0.39, 0.29) is 5.76 Å². The summed E-state index contributed by atoms with van der Waals surface area (Å²) in [6.45, 7) is 0. The summed E-state index contributed by atoms with van der Waals surface area (Å²) in [7, 11) is 2.80.